The molecule has 2 aliphatic rings. The summed E-state index contributed by atoms with van der Waals surface area (Å²) < 4.78 is 24.9. The van der Waals surface area contributed by atoms with E-state index in [9.17, 15) is 13.2 Å². The number of carbonyl (C=O) groups is 1. The topological polar surface area (TPSA) is 69.7 Å². The lowest BCUT2D eigenvalue weighted by Gasteiger charge is -2.42. The molecule has 0 radical (unpaired) electrons. The van der Waals surface area contributed by atoms with E-state index >= 15 is 0 Å². The van der Waals surface area contributed by atoms with Gasteiger partial charge in [0.15, 0.2) is 9.84 Å². The molecule has 4 rings (SSSR count). The highest BCUT2D eigenvalue weighted by Gasteiger charge is 2.35. The Bertz CT molecular complexity index is 1070. The third-order valence-corrected chi connectivity index (χ3v) is 8.76. The van der Waals surface area contributed by atoms with Gasteiger partial charge in [0, 0.05) is 36.3 Å². The molecular weight excluding hydrogens is 418 g/mol. The lowest BCUT2D eigenvalue weighted by Crippen LogP contribution is -2.56. The molecule has 160 valence electrons. The van der Waals surface area contributed by atoms with E-state index in [0.29, 0.717) is 6.54 Å². The van der Waals surface area contributed by atoms with Crippen LogP contribution in [0.3, 0.4) is 0 Å². The van der Waals surface area contributed by atoms with Crippen molar-refractivity contribution in [3.05, 3.63) is 53.6 Å². The molecule has 8 heteroatoms. The normalized spacial score (nSPS) is 21.9. The van der Waals surface area contributed by atoms with Crippen LogP contribution in [0.5, 0.6) is 0 Å². The number of fused-ring (bicyclic) bond motifs is 1. The Labute approximate surface area is 182 Å². The Balaban J connectivity index is 1.48. The highest BCUT2D eigenvalue weighted by molar-refractivity contribution is 8.00. The van der Waals surface area contributed by atoms with Crippen molar-refractivity contribution in [1.82, 2.24) is 9.80 Å². The number of rotatable bonds is 4. The molecule has 0 bridgehead atoms. The van der Waals surface area contributed by atoms with E-state index in [1.165, 1.54) is 16.5 Å². The van der Waals surface area contributed by atoms with Crippen LogP contribution in [-0.2, 0) is 9.84 Å². The first-order chi connectivity index (χ1) is 14.3. The van der Waals surface area contributed by atoms with Gasteiger partial charge in [-0.1, -0.05) is 36.9 Å². The van der Waals surface area contributed by atoms with E-state index in [1.54, 1.807) is 41.8 Å². The molecule has 2 aliphatic heterocycles. The van der Waals surface area contributed by atoms with Crippen LogP contribution in [0.2, 0.25) is 0 Å². The molecule has 2 unspecified atom stereocenters. The predicted molar refractivity (Wildman–Crippen MR) is 121 cm³/mol. The van der Waals surface area contributed by atoms with Crippen molar-refractivity contribution >= 4 is 33.2 Å². The first-order valence-corrected chi connectivity index (χ1v) is 12.7. The summed E-state index contributed by atoms with van der Waals surface area (Å²) in [5.41, 5.74) is 2.82. The maximum Gasteiger partial charge on any atom is 0.255 e. The monoisotopic (exact) mass is 445 g/mol. The minimum Gasteiger partial charge on any atom is -0.360 e. The Hall–Kier alpha value is -2.03. The number of anilines is 1. The number of benzene rings is 2. The summed E-state index contributed by atoms with van der Waals surface area (Å²) in [6, 6.07) is 13.0. The summed E-state index contributed by atoms with van der Waals surface area (Å²) in [5, 5.41) is 3.57. The highest BCUT2D eigenvalue weighted by atomic mass is 32.2. The molecule has 2 aromatic carbocycles. The SMILES string of the molecule is CCS(=O)(=O)c1ccccc1C(=O)N1CCN(C2Nc3ccc(C)cc3S2)CC1C. The van der Waals surface area contributed by atoms with Gasteiger partial charge >= 0.3 is 0 Å². The molecule has 1 N–H and O–H groups in total. The Morgan fingerprint density at radius 3 is 2.70 bits per heavy atom. The van der Waals surface area contributed by atoms with Gasteiger partial charge in [0.25, 0.3) is 5.91 Å². The van der Waals surface area contributed by atoms with Crippen molar-refractivity contribution < 1.29 is 13.2 Å². The number of hydrogen-bond donors (Lipinski definition) is 1. The fraction of sp³-hybridized carbons (Fsp3) is 0.409. The van der Waals surface area contributed by atoms with Crippen LogP contribution in [0.1, 0.15) is 29.8 Å². The second kappa shape index (κ2) is 8.24. The average molecular weight is 446 g/mol. The van der Waals surface area contributed by atoms with Crippen LogP contribution >= 0.6 is 11.8 Å². The predicted octanol–water partition coefficient (Wildman–Crippen LogP) is 3.44. The molecule has 2 aromatic rings. The molecule has 2 atom stereocenters. The van der Waals surface area contributed by atoms with Gasteiger partial charge < -0.3 is 10.2 Å². The van der Waals surface area contributed by atoms with Crippen LogP contribution in [0.15, 0.2) is 52.3 Å². The van der Waals surface area contributed by atoms with Gasteiger partial charge in [0.1, 0.15) is 5.50 Å². The van der Waals surface area contributed by atoms with Gasteiger partial charge in [-0.3, -0.25) is 9.69 Å². The molecule has 0 aromatic heterocycles. The van der Waals surface area contributed by atoms with Crippen molar-refractivity contribution in [2.75, 3.05) is 30.7 Å². The molecule has 6 nitrogen and oxygen atoms in total. The molecule has 1 saturated heterocycles. The van der Waals surface area contributed by atoms with Crippen LogP contribution in [0.25, 0.3) is 0 Å². The number of carbonyl (C=O) groups excluding carboxylic acids is 1. The van der Waals surface area contributed by atoms with Crippen molar-refractivity contribution in [3.63, 3.8) is 0 Å². The Morgan fingerprint density at radius 2 is 1.97 bits per heavy atom. The van der Waals surface area contributed by atoms with Gasteiger partial charge in [-0.2, -0.15) is 0 Å². The van der Waals surface area contributed by atoms with E-state index in [0.717, 1.165) is 18.8 Å². The number of sulfone groups is 1. The molecule has 30 heavy (non-hydrogen) atoms. The van der Waals surface area contributed by atoms with Gasteiger partial charge in [0.05, 0.1) is 16.2 Å². The molecule has 0 aliphatic carbocycles. The number of nitrogens with one attached hydrogen (secondary N) is 1. The van der Waals surface area contributed by atoms with E-state index < -0.39 is 9.84 Å². The zero-order chi connectivity index (χ0) is 21.5. The summed E-state index contributed by atoms with van der Waals surface area (Å²) in [4.78, 5) is 18.8. The molecule has 1 amide bonds. The smallest absolute Gasteiger partial charge is 0.255 e. The quantitative estimate of drug-likeness (QED) is 0.778. The number of aryl methyl sites for hydroxylation is 1. The number of hydrogen-bond acceptors (Lipinski definition) is 6. The minimum absolute atomic E-state index is 0.0171. The summed E-state index contributed by atoms with van der Waals surface area (Å²) in [7, 11) is -3.46. The number of nitrogens with zero attached hydrogens (tertiary/aromatic N) is 2. The minimum atomic E-state index is -3.46. The van der Waals surface area contributed by atoms with Crippen molar-refractivity contribution in [1.29, 1.82) is 0 Å². The van der Waals surface area contributed by atoms with Crippen molar-refractivity contribution in [2.24, 2.45) is 0 Å². The largest absolute Gasteiger partial charge is 0.360 e. The highest BCUT2D eigenvalue weighted by Crippen LogP contribution is 2.40. The summed E-state index contributed by atoms with van der Waals surface area (Å²) in [6.07, 6.45) is 0. The third kappa shape index (κ3) is 3.96. The molecule has 1 fully saturated rings. The second-order valence-electron chi connectivity index (χ2n) is 7.86. The van der Waals surface area contributed by atoms with Gasteiger partial charge in [-0.05, 0) is 43.7 Å². The lowest BCUT2D eigenvalue weighted by atomic mass is 10.1. The summed E-state index contributed by atoms with van der Waals surface area (Å²) >= 11 is 1.81. The fourth-order valence-electron chi connectivity index (χ4n) is 4.02. The number of thioether (sulfide) groups is 1. The third-order valence-electron chi connectivity index (χ3n) is 5.74. The Morgan fingerprint density at radius 1 is 1.20 bits per heavy atom. The Kier molecular flexibility index (Phi) is 5.83. The number of amides is 1. The van der Waals surface area contributed by atoms with Crippen LogP contribution in [-0.4, -0.2) is 61.1 Å². The first-order valence-electron chi connectivity index (χ1n) is 10.2. The van der Waals surface area contributed by atoms with Crippen LogP contribution < -0.4 is 5.32 Å². The number of piperazine rings is 1. The molecule has 0 saturated carbocycles. The van der Waals surface area contributed by atoms with E-state index in [-0.39, 0.29) is 33.7 Å². The van der Waals surface area contributed by atoms with E-state index in [1.807, 2.05) is 6.92 Å². The summed E-state index contributed by atoms with van der Waals surface area (Å²) in [6.45, 7) is 7.75. The molecule has 2 heterocycles. The second-order valence-corrected chi connectivity index (χ2v) is 11.2. The van der Waals surface area contributed by atoms with Crippen molar-refractivity contribution in [2.45, 2.75) is 42.1 Å². The van der Waals surface area contributed by atoms with Crippen LogP contribution in [0.4, 0.5) is 5.69 Å². The maximum atomic E-state index is 13.3. The zero-order valence-corrected chi connectivity index (χ0v) is 19.1. The standard InChI is InChI=1S/C22H27N3O3S2/c1-4-30(27,28)20-8-6-5-7-17(20)21(26)25-12-11-24(14-16(25)3)22-23-18-10-9-15(2)13-19(18)29-22/h5-10,13,16,22-23H,4,11-12,14H2,1-3H3. The zero-order valence-electron chi connectivity index (χ0n) is 17.5. The van der Waals surface area contributed by atoms with E-state index in [2.05, 4.69) is 35.3 Å². The molecule has 0 spiro atoms. The van der Waals surface area contributed by atoms with Gasteiger partial charge in [-0.15, -0.1) is 0 Å². The fourth-order valence-corrected chi connectivity index (χ4v) is 6.38. The van der Waals surface area contributed by atoms with Crippen LogP contribution in [0, 0.1) is 6.92 Å². The van der Waals surface area contributed by atoms with Gasteiger partial charge in [-0.25, -0.2) is 8.42 Å². The summed E-state index contributed by atoms with van der Waals surface area (Å²) in [5.74, 6) is -0.230. The van der Waals surface area contributed by atoms with E-state index in [4.69, 9.17) is 0 Å². The lowest BCUT2D eigenvalue weighted by molar-refractivity contribution is 0.0481. The van der Waals surface area contributed by atoms with Crippen molar-refractivity contribution in [3.8, 4) is 0 Å². The molecular formula is C22H27N3O3S2. The van der Waals surface area contributed by atoms with Gasteiger partial charge in [0.2, 0.25) is 0 Å². The maximum absolute atomic E-state index is 13.3. The first kappa shape index (κ1) is 21.2. The average Bonchev–Trinajstić information content (AvgIpc) is 3.16.